The van der Waals surface area contributed by atoms with Crippen LogP contribution in [0.5, 0.6) is 0 Å². The first kappa shape index (κ1) is 14.3. The van der Waals surface area contributed by atoms with Crippen LogP contribution in [0.3, 0.4) is 0 Å². The summed E-state index contributed by atoms with van der Waals surface area (Å²) in [5, 5.41) is 1.50. The molecule has 0 aliphatic carbocycles. The molecule has 0 fully saturated rings. The number of aryl methyl sites for hydroxylation is 1. The third kappa shape index (κ3) is 2.88. The normalized spacial score (nSPS) is 12.3. The van der Waals surface area contributed by atoms with E-state index in [1.165, 1.54) is 4.57 Å². The SMILES string of the molecule is CCOC(=O)C(N)Cc1ccc2ccn(C)c(=O)c2c1. The number of carbonyl (C=O) groups excluding carboxylic acids is 1. The van der Waals surface area contributed by atoms with E-state index in [4.69, 9.17) is 10.5 Å². The highest BCUT2D eigenvalue weighted by molar-refractivity contribution is 5.82. The Hall–Kier alpha value is -2.14. The van der Waals surface area contributed by atoms with Crippen LogP contribution in [-0.2, 0) is 23.0 Å². The largest absolute Gasteiger partial charge is 0.465 e. The lowest BCUT2D eigenvalue weighted by Crippen LogP contribution is -2.34. The molecule has 0 amide bonds. The first-order valence-corrected chi connectivity index (χ1v) is 6.53. The Morgan fingerprint density at radius 3 is 2.85 bits per heavy atom. The average Bonchev–Trinajstić information content (AvgIpc) is 2.43. The standard InChI is InChI=1S/C15H18N2O3/c1-3-20-15(19)13(16)9-10-4-5-11-6-7-17(2)14(18)12(11)8-10/h4-8,13H,3,9,16H2,1-2H3. The molecule has 0 saturated carbocycles. The van der Waals surface area contributed by atoms with Crippen LogP contribution in [0.1, 0.15) is 12.5 Å². The summed E-state index contributed by atoms with van der Waals surface area (Å²) in [6.07, 6.45) is 2.08. The molecule has 1 aromatic carbocycles. The van der Waals surface area contributed by atoms with E-state index in [0.717, 1.165) is 10.9 Å². The molecule has 0 aliphatic rings. The number of fused-ring (bicyclic) bond motifs is 1. The number of nitrogens with zero attached hydrogens (tertiary/aromatic N) is 1. The summed E-state index contributed by atoms with van der Waals surface area (Å²) < 4.78 is 6.40. The van der Waals surface area contributed by atoms with E-state index in [9.17, 15) is 9.59 Å². The summed E-state index contributed by atoms with van der Waals surface area (Å²) in [5.41, 5.74) is 6.58. The molecule has 2 rings (SSSR count). The van der Waals surface area contributed by atoms with Crippen molar-refractivity contribution in [2.75, 3.05) is 6.61 Å². The van der Waals surface area contributed by atoms with Gasteiger partial charge in [0.25, 0.3) is 5.56 Å². The summed E-state index contributed by atoms with van der Waals surface area (Å²) in [6, 6.07) is 6.70. The maximum Gasteiger partial charge on any atom is 0.323 e. The lowest BCUT2D eigenvalue weighted by molar-refractivity contribution is -0.144. The number of rotatable bonds is 4. The summed E-state index contributed by atoms with van der Waals surface area (Å²) in [7, 11) is 1.71. The fourth-order valence-electron chi connectivity index (χ4n) is 2.10. The number of pyridine rings is 1. The third-order valence-corrected chi connectivity index (χ3v) is 3.19. The zero-order chi connectivity index (χ0) is 14.7. The number of aromatic nitrogens is 1. The Kier molecular flexibility index (Phi) is 4.20. The minimum atomic E-state index is -0.708. The molecule has 106 valence electrons. The van der Waals surface area contributed by atoms with Gasteiger partial charge in [0.1, 0.15) is 6.04 Å². The van der Waals surface area contributed by atoms with E-state index in [1.54, 1.807) is 26.2 Å². The Bertz CT molecular complexity index is 691. The molecule has 5 heteroatoms. The first-order chi connectivity index (χ1) is 9.52. The van der Waals surface area contributed by atoms with Crippen molar-refractivity contribution in [1.29, 1.82) is 0 Å². The minimum absolute atomic E-state index is 0.0611. The summed E-state index contributed by atoms with van der Waals surface area (Å²) in [4.78, 5) is 23.6. The van der Waals surface area contributed by atoms with Gasteiger partial charge in [-0.05, 0) is 36.4 Å². The van der Waals surface area contributed by atoms with Crippen molar-refractivity contribution >= 4 is 16.7 Å². The number of ether oxygens (including phenoxy) is 1. The zero-order valence-electron chi connectivity index (χ0n) is 11.6. The van der Waals surface area contributed by atoms with Crippen LogP contribution < -0.4 is 11.3 Å². The van der Waals surface area contributed by atoms with Crippen molar-refractivity contribution in [3.8, 4) is 0 Å². The molecule has 2 N–H and O–H groups in total. The van der Waals surface area contributed by atoms with Gasteiger partial charge >= 0.3 is 5.97 Å². The maximum atomic E-state index is 12.0. The number of benzene rings is 1. The first-order valence-electron chi connectivity index (χ1n) is 6.53. The molecule has 0 saturated heterocycles. The molecule has 1 atom stereocenters. The number of nitrogens with two attached hydrogens (primary N) is 1. The third-order valence-electron chi connectivity index (χ3n) is 3.19. The summed E-state index contributed by atoms with van der Waals surface area (Å²) in [6.45, 7) is 2.05. The van der Waals surface area contributed by atoms with Gasteiger partial charge in [-0.1, -0.05) is 12.1 Å². The average molecular weight is 274 g/mol. The Balaban J connectivity index is 2.30. The van der Waals surface area contributed by atoms with Crippen LogP contribution in [0.25, 0.3) is 10.8 Å². The predicted molar refractivity (Wildman–Crippen MR) is 77.5 cm³/mol. The molecule has 1 aromatic heterocycles. The molecule has 0 aliphatic heterocycles. The van der Waals surface area contributed by atoms with Crippen molar-refractivity contribution in [3.05, 3.63) is 46.4 Å². The molecule has 0 bridgehead atoms. The molecule has 1 heterocycles. The second-order valence-electron chi connectivity index (χ2n) is 4.72. The van der Waals surface area contributed by atoms with Crippen LogP contribution in [0.2, 0.25) is 0 Å². The minimum Gasteiger partial charge on any atom is -0.465 e. The summed E-state index contributed by atoms with van der Waals surface area (Å²) in [5.74, 6) is -0.423. The Morgan fingerprint density at radius 1 is 1.40 bits per heavy atom. The number of esters is 1. The van der Waals surface area contributed by atoms with Gasteiger partial charge in [-0.25, -0.2) is 0 Å². The molecular weight excluding hydrogens is 256 g/mol. The van der Waals surface area contributed by atoms with Crippen molar-refractivity contribution < 1.29 is 9.53 Å². The zero-order valence-corrected chi connectivity index (χ0v) is 11.6. The quantitative estimate of drug-likeness (QED) is 0.843. The fraction of sp³-hybridized carbons (Fsp3) is 0.333. The predicted octanol–water partition coefficient (Wildman–Crippen LogP) is 0.971. The fourth-order valence-corrected chi connectivity index (χ4v) is 2.10. The van der Waals surface area contributed by atoms with Crippen LogP contribution in [-0.4, -0.2) is 23.2 Å². The highest BCUT2D eigenvalue weighted by atomic mass is 16.5. The number of hydrogen-bond acceptors (Lipinski definition) is 4. The van der Waals surface area contributed by atoms with Gasteiger partial charge in [0.2, 0.25) is 0 Å². The number of carbonyl (C=O) groups is 1. The molecule has 2 aromatic rings. The van der Waals surface area contributed by atoms with Crippen LogP contribution in [0, 0.1) is 0 Å². The molecule has 0 radical (unpaired) electrons. The molecule has 5 nitrogen and oxygen atoms in total. The molecule has 1 unspecified atom stereocenters. The monoisotopic (exact) mass is 274 g/mol. The number of hydrogen-bond donors (Lipinski definition) is 1. The van der Waals surface area contributed by atoms with E-state index in [0.29, 0.717) is 18.4 Å². The Labute approximate surface area is 117 Å². The molecule has 0 spiro atoms. The van der Waals surface area contributed by atoms with Crippen molar-refractivity contribution in [2.24, 2.45) is 12.8 Å². The second kappa shape index (κ2) is 5.88. The maximum absolute atomic E-state index is 12.0. The highest BCUT2D eigenvalue weighted by Crippen LogP contribution is 2.13. The van der Waals surface area contributed by atoms with Crippen molar-refractivity contribution in [1.82, 2.24) is 4.57 Å². The van der Waals surface area contributed by atoms with Crippen LogP contribution in [0.15, 0.2) is 35.3 Å². The van der Waals surface area contributed by atoms with Crippen molar-refractivity contribution in [2.45, 2.75) is 19.4 Å². The van der Waals surface area contributed by atoms with Gasteiger partial charge in [-0.3, -0.25) is 9.59 Å². The topological polar surface area (TPSA) is 74.3 Å². The van der Waals surface area contributed by atoms with E-state index >= 15 is 0 Å². The van der Waals surface area contributed by atoms with Gasteiger partial charge in [0.05, 0.1) is 6.61 Å². The van der Waals surface area contributed by atoms with E-state index in [1.807, 2.05) is 18.2 Å². The van der Waals surface area contributed by atoms with Crippen molar-refractivity contribution in [3.63, 3.8) is 0 Å². The second-order valence-corrected chi connectivity index (χ2v) is 4.72. The van der Waals surface area contributed by atoms with Gasteiger partial charge in [0.15, 0.2) is 0 Å². The lowest BCUT2D eigenvalue weighted by atomic mass is 10.0. The Morgan fingerprint density at radius 2 is 2.15 bits per heavy atom. The van der Waals surface area contributed by atoms with Crippen LogP contribution in [0.4, 0.5) is 0 Å². The van der Waals surface area contributed by atoms with Crippen LogP contribution >= 0.6 is 0 Å². The lowest BCUT2D eigenvalue weighted by Gasteiger charge is -2.11. The van der Waals surface area contributed by atoms with E-state index < -0.39 is 12.0 Å². The molecular formula is C15H18N2O3. The highest BCUT2D eigenvalue weighted by Gasteiger charge is 2.15. The van der Waals surface area contributed by atoms with Gasteiger partial charge in [0, 0.05) is 18.6 Å². The smallest absolute Gasteiger partial charge is 0.323 e. The summed E-state index contributed by atoms with van der Waals surface area (Å²) >= 11 is 0. The van der Waals surface area contributed by atoms with E-state index in [-0.39, 0.29) is 5.56 Å². The van der Waals surface area contributed by atoms with Gasteiger partial charge < -0.3 is 15.0 Å². The van der Waals surface area contributed by atoms with Gasteiger partial charge in [-0.15, -0.1) is 0 Å². The van der Waals surface area contributed by atoms with E-state index in [2.05, 4.69) is 0 Å². The molecule has 20 heavy (non-hydrogen) atoms. The van der Waals surface area contributed by atoms with Gasteiger partial charge in [-0.2, -0.15) is 0 Å².